The number of hydrogen-bond donors (Lipinski definition) is 2. The van der Waals surface area contributed by atoms with E-state index in [1.165, 1.54) is 36.4 Å². The highest BCUT2D eigenvalue weighted by Gasteiger charge is 2.56. The number of aliphatic hydroxyl groups is 1. The Labute approximate surface area is 262 Å². The zero-order valence-electron chi connectivity index (χ0n) is 26.3. The Bertz CT molecular complexity index is 1510. The molecule has 13 nitrogen and oxygen atoms in total. The third kappa shape index (κ3) is 7.52. The molecule has 244 valence electrons. The summed E-state index contributed by atoms with van der Waals surface area (Å²) < 4.78 is 22.6. The standard InChI is InChI=1S/C31H40N2O11Si/c1-9-13-41-29(39)32-21-12-11-19(15-20(21)16-24(32)43-30(40)42-14-10-2)23(34)17-22-25(26(35)33(22)27(36)28(37)38)18(3)44-45(7,8)31(4,5)6/h9-12,15-16,18,22,25,27,36H,1-2,13-14,17H2,3-8H3,(H,37,38)/t18-,22-,25-,27?/m1/s1. The van der Waals surface area contributed by atoms with Crippen LogP contribution < -0.4 is 4.74 Å². The van der Waals surface area contributed by atoms with Gasteiger partial charge in [-0.15, -0.1) is 0 Å². The number of amides is 1. The molecule has 0 spiro atoms. The number of benzene rings is 1. The van der Waals surface area contributed by atoms with Gasteiger partial charge in [-0.3, -0.25) is 9.59 Å². The van der Waals surface area contributed by atoms with Crippen LogP contribution in [0.3, 0.4) is 0 Å². The van der Waals surface area contributed by atoms with Crippen LogP contribution in [0.1, 0.15) is 44.5 Å². The van der Waals surface area contributed by atoms with Gasteiger partial charge in [0.15, 0.2) is 14.1 Å². The lowest BCUT2D eigenvalue weighted by atomic mass is 9.79. The number of ketones is 1. The van der Waals surface area contributed by atoms with Crippen LogP contribution in [0.15, 0.2) is 49.6 Å². The van der Waals surface area contributed by atoms with Gasteiger partial charge < -0.3 is 33.7 Å². The van der Waals surface area contributed by atoms with E-state index < -0.39 is 62.5 Å². The largest absolute Gasteiger partial charge is 0.515 e. The van der Waals surface area contributed by atoms with Crippen LogP contribution in [-0.2, 0) is 23.5 Å². The Balaban J connectivity index is 1.95. The molecule has 1 saturated heterocycles. The molecule has 0 aliphatic carbocycles. The highest BCUT2D eigenvalue weighted by molar-refractivity contribution is 6.74. The number of fused-ring (bicyclic) bond motifs is 1. The van der Waals surface area contributed by atoms with Crippen molar-refractivity contribution in [1.29, 1.82) is 0 Å². The molecule has 2 N–H and O–H groups in total. The summed E-state index contributed by atoms with van der Waals surface area (Å²) in [5.41, 5.74) is 0.420. The fraction of sp³-hybridized carbons (Fsp3) is 0.452. The monoisotopic (exact) mass is 644 g/mol. The van der Waals surface area contributed by atoms with Crippen molar-refractivity contribution < 1.29 is 52.8 Å². The highest BCUT2D eigenvalue weighted by atomic mass is 28.4. The van der Waals surface area contributed by atoms with Gasteiger partial charge in [0.05, 0.1) is 23.6 Å². The first-order valence-electron chi connectivity index (χ1n) is 14.3. The van der Waals surface area contributed by atoms with Crippen molar-refractivity contribution in [2.24, 2.45) is 5.92 Å². The predicted molar refractivity (Wildman–Crippen MR) is 166 cm³/mol. The number of carbonyl (C=O) groups excluding carboxylic acids is 4. The Kier molecular flexibility index (Phi) is 10.8. The molecule has 0 saturated carbocycles. The van der Waals surface area contributed by atoms with E-state index in [2.05, 4.69) is 13.2 Å². The average Bonchev–Trinajstić information content (AvgIpc) is 3.30. The predicted octanol–water partition coefficient (Wildman–Crippen LogP) is 4.73. The first-order valence-corrected chi connectivity index (χ1v) is 17.2. The zero-order chi connectivity index (χ0) is 33.9. The quantitative estimate of drug-likeness (QED) is 0.102. The number of nitrogens with zero attached hydrogens (tertiary/aromatic N) is 2. The van der Waals surface area contributed by atoms with E-state index in [1.807, 2.05) is 33.9 Å². The van der Waals surface area contributed by atoms with Crippen LogP contribution in [0, 0.1) is 5.92 Å². The van der Waals surface area contributed by atoms with Gasteiger partial charge in [-0.1, -0.05) is 46.1 Å². The minimum absolute atomic E-state index is 0.118. The first kappa shape index (κ1) is 35.2. The van der Waals surface area contributed by atoms with Crippen LogP contribution in [0.4, 0.5) is 9.59 Å². The molecular weight excluding hydrogens is 604 g/mol. The van der Waals surface area contributed by atoms with Crippen molar-refractivity contribution in [3.8, 4) is 5.88 Å². The summed E-state index contributed by atoms with van der Waals surface area (Å²) in [6.07, 6.45) is -2.36. The lowest BCUT2D eigenvalue weighted by Gasteiger charge is -2.51. The Morgan fingerprint density at radius 3 is 2.27 bits per heavy atom. The minimum atomic E-state index is -2.35. The van der Waals surface area contributed by atoms with E-state index in [-0.39, 0.29) is 41.6 Å². The number of aliphatic carboxylic acids is 1. The smallest absolute Gasteiger partial charge is 0.478 e. The number of rotatable bonds is 13. The maximum absolute atomic E-state index is 13.6. The number of carboxylic acids is 1. The molecule has 0 bridgehead atoms. The third-order valence-electron chi connectivity index (χ3n) is 8.09. The second-order valence-electron chi connectivity index (χ2n) is 12.2. The van der Waals surface area contributed by atoms with E-state index in [1.54, 1.807) is 6.92 Å². The van der Waals surface area contributed by atoms with Crippen molar-refractivity contribution in [2.75, 3.05) is 13.2 Å². The van der Waals surface area contributed by atoms with E-state index >= 15 is 0 Å². The summed E-state index contributed by atoms with van der Waals surface area (Å²) in [6, 6.07) is 4.74. The number of carbonyl (C=O) groups is 5. The fourth-order valence-electron chi connectivity index (χ4n) is 4.84. The number of likely N-dealkylation sites (tertiary alicyclic amines) is 1. The van der Waals surface area contributed by atoms with Gasteiger partial charge >= 0.3 is 18.2 Å². The number of aliphatic hydroxyl groups excluding tert-OH is 1. The maximum Gasteiger partial charge on any atom is 0.515 e. The number of ether oxygens (including phenoxy) is 3. The van der Waals surface area contributed by atoms with Gasteiger partial charge in [0.2, 0.25) is 18.0 Å². The van der Waals surface area contributed by atoms with Crippen molar-refractivity contribution in [1.82, 2.24) is 9.47 Å². The Morgan fingerprint density at radius 1 is 1.07 bits per heavy atom. The molecule has 3 rings (SSSR count). The van der Waals surface area contributed by atoms with Gasteiger partial charge in [0.25, 0.3) is 0 Å². The molecular formula is C31H40N2O11Si. The molecule has 2 aromatic rings. The molecule has 0 radical (unpaired) electrons. The Hall–Kier alpha value is -4.27. The normalized spacial score (nSPS) is 18.0. The molecule has 2 heterocycles. The molecule has 1 aromatic carbocycles. The topological polar surface area (TPSA) is 171 Å². The van der Waals surface area contributed by atoms with Crippen molar-refractivity contribution in [2.45, 2.75) is 70.6 Å². The molecule has 1 amide bonds. The summed E-state index contributed by atoms with van der Waals surface area (Å²) in [5, 5.41) is 19.9. The van der Waals surface area contributed by atoms with Crippen LogP contribution in [0.5, 0.6) is 5.88 Å². The summed E-state index contributed by atoms with van der Waals surface area (Å²) >= 11 is 0. The zero-order valence-corrected chi connectivity index (χ0v) is 27.3. The molecule has 4 atom stereocenters. The third-order valence-corrected chi connectivity index (χ3v) is 12.7. The molecule has 1 aliphatic heterocycles. The average molecular weight is 645 g/mol. The number of Topliss-reactive ketones (excluding diaryl/α,β-unsaturated/α-hetero) is 1. The lowest BCUT2D eigenvalue weighted by Crippen LogP contribution is -2.70. The van der Waals surface area contributed by atoms with E-state index in [9.17, 15) is 34.2 Å². The first-order chi connectivity index (χ1) is 20.9. The lowest BCUT2D eigenvalue weighted by molar-refractivity contribution is -0.193. The van der Waals surface area contributed by atoms with Crippen LogP contribution in [0.25, 0.3) is 10.9 Å². The molecule has 1 fully saturated rings. The fourth-order valence-corrected chi connectivity index (χ4v) is 6.27. The van der Waals surface area contributed by atoms with E-state index in [0.717, 1.165) is 9.47 Å². The highest BCUT2D eigenvalue weighted by Crippen LogP contribution is 2.42. The molecule has 1 unspecified atom stereocenters. The summed E-state index contributed by atoms with van der Waals surface area (Å²) in [7, 11) is -2.35. The molecule has 45 heavy (non-hydrogen) atoms. The molecule has 1 aromatic heterocycles. The maximum atomic E-state index is 13.6. The van der Waals surface area contributed by atoms with Crippen LogP contribution in [0.2, 0.25) is 18.1 Å². The number of carboxylic acid groups (broad SMARTS) is 1. The number of hydrogen-bond acceptors (Lipinski definition) is 10. The minimum Gasteiger partial charge on any atom is -0.478 e. The summed E-state index contributed by atoms with van der Waals surface area (Å²) in [4.78, 5) is 64.1. The number of aromatic nitrogens is 1. The van der Waals surface area contributed by atoms with Crippen molar-refractivity contribution >= 4 is 49.1 Å². The van der Waals surface area contributed by atoms with Gasteiger partial charge in [0, 0.05) is 23.4 Å². The molecule has 14 heteroatoms. The van der Waals surface area contributed by atoms with Gasteiger partial charge in [-0.2, -0.15) is 0 Å². The van der Waals surface area contributed by atoms with E-state index in [4.69, 9.17) is 18.6 Å². The van der Waals surface area contributed by atoms with Gasteiger partial charge in [0.1, 0.15) is 13.2 Å². The second-order valence-corrected chi connectivity index (χ2v) is 16.9. The number of β-lactam (4-membered cyclic amide) rings is 1. The van der Waals surface area contributed by atoms with Crippen molar-refractivity contribution in [3.05, 3.63) is 55.1 Å². The summed E-state index contributed by atoms with van der Waals surface area (Å²) in [6.45, 7) is 18.6. The summed E-state index contributed by atoms with van der Waals surface area (Å²) in [5.74, 6) is -3.79. The van der Waals surface area contributed by atoms with Gasteiger partial charge in [-0.05, 0) is 43.3 Å². The van der Waals surface area contributed by atoms with E-state index in [0.29, 0.717) is 5.39 Å². The second kappa shape index (κ2) is 13.8. The van der Waals surface area contributed by atoms with Crippen LogP contribution in [-0.4, -0.2) is 89.5 Å². The Morgan fingerprint density at radius 2 is 1.69 bits per heavy atom. The van der Waals surface area contributed by atoms with Crippen molar-refractivity contribution in [3.63, 3.8) is 0 Å². The van der Waals surface area contributed by atoms with Crippen LogP contribution >= 0.6 is 0 Å². The van der Waals surface area contributed by atoms with Gasteiger partial charge in [-0.25, -0.2) is 19.0 Å². The SMILES string of the molecule is C=CCOC(=O)Oc1cc2cc(C(=O)C[C@@H]3[C@@H]([C@@H](C)O[Si](C)(C)C(C)(C)C)C(=O)N3C(O)C(=O)O)ccc2n1C(=O)OCC=C. The molecule has 1 aliphatic rings.